The average molecular weight is 376 g/mol. The molecule has 0 spiro atoms. The molecular formula is C18H10ClN7O. The molecule has 1 aromatic heterocycles. The van der Waals surface area contributed by atoms with Crippen molar-refractivity contribution in [3.8, 4) is 29.6 Å². The smallest absolute Gasteiger partial charge is 0.163 e. The molecule has 130 valence electrons. The molecule has 0 aliphatic carbocycles. The Morgan fingerprint density at radius 3 is 2.41 bits per heavy atom. The molecule has 1 N–H and O–H groups in total. The van der Waals surface area contributed by atoms with Gasteiger partial charge in [-0.15, -0.1) is 10.2 Å². The first-order valence-corrected chi connectivity index (χ1v) is 7.90. The Hall–Kier alpha value is -4.06. The third-order valence-corrected chi connectivity index (χ3v) is 3.90. The SMILES string of the molecule is COc1ccc(-n2nc3ccc(NC(C#N)=C(C#N)C#N)cc3n2)cc1Cl. The number of methoxy groups -OCH3 is 1. The summed E-state index contributed by atoms with van der Waals surface area (Å²) >= 11 is 6.14. The van der Waals surface area contributed by atoms with Crippen LogP contribution >= 0.6 is 11.6 Å². The maximum absolute atomic E-state index is 9.13. The molecule has 0 saturated carbocycles. The van der Waals surface area contributed by atoms with Gasteiger partial charge in [-0.05, 0) is 36.4 Å². The Balaban J connectivity index is 1.98. The minimum Gasteiger partial charge on any atom is -0.495 e. The maximum Gasteiger partial charge on any atom is 0.163 e. The van der Waals surface area contributed by atoms with Crippen LogP contribution in [0.15, 0.2) is 47.7 Å². The summed E-state index contributed by atoms with van der Waals surface area (Å²) in [5.74, 6) is 0.547. The molecule has 0 aliphatic rings. The van der Waals surface area contributed by atoms with Gasteiger partial charge in [0, 0.05) is 5.69 Å². The quantitative estimate of drug-likeness (QED) is 0.693. The predicted octanol–water partition coefficient (Wildman–Crippen LogP) is 3.32. The van der Waals surface area contributed by atoms with E-state index in [1.165, 1.54) is 11.9 Å². The molecule has 0 amide bonds. The van der Waals surface area contributed by atoms with Crippen LogP contribution in [0.1, 0.15) is 0 Å². The van der Waals surface area contributed by atoms with E-state index in [0.29, 0.717) is 33.2 Å². The zero-order valence-corrected chi connectivity index (χ0v) is 14.7. The van der Waals surface area contributed by atoms with E-state index < -0.39 is 0 Å². The van der Waals surface area contributed by atoms with Crippen molar-refractivity contribution in [2.24, 2.45) is 0 Å². The monoisotopic (exact) mass is 375 g/mol. The number of halogens is 1. The van der Waals surface area contributed by atoms with Crippen LogP contribution in [0.5, 0.6) is 5.75 Å². The zero-order chi connectivity index (χ0) is 19.4. The Labute approximate surface area is 159 Å². The molecular weight excluding hydrogens is 366 g/mol. The van der Waals surface area contributed by atoms with Crippen LogP contribution in [0, 0.1) is 34.0 Å². The van der Waals surface area contributed by atoms with Gasteiger partial charge in [0.25, 0.3) is 0 Å². The van der Waals surface area contributed by atoms with Crippen molar-refractivity contribution in [3.05, 3.63) is 52.7 Å². The molecule has 0 radical (unpaired) electrons. The van der Waals surface area contributed by atoms with Crippen molar-refractivity contribution >= 4 is 28.3 Å². The highest BCUT2D eigenvalue weighted by atomic mass is 35.5. The van der Waals surface area contributed by atoms with Gasteiger partial charge in [0.05, 0.1) is 17.8 Å². The number of hydrogen-bond acceptors (Lipinski definition) is 7. The van der Waals surface area contributed by atoms with Gasteiger partial charge in [0.2, 0.25) is 0 Å². The molecule has 2 aromatic carbocycles. The van der Waals surface area contributed by atoms with Crippen molar-refractivity contribution in [2.75, 3.05) is 12.4 Å². The number of hydrogen-bond donors (Lipinski definition) is 1. The van der Waals surface area contributed by atoms with E-state index in [1.807, 2.05) is 0 Å². The number of benzene rings is 2. The van der Waals surface area contributed by atoms with E-state index in [-0.39, 0.29) is 11.3 Å². The molecule has 3 aromatic rings. The normalized spacial score (nSPS) is 9.74. The number of aromatic nitrogens is 3. The van der Waals surface area contributed by atoms with E-state index in [1.54, 1.807) is 54.6 Å². The molecule has 0 bridgehead atoms. The number of anilines is 1. The Bertz CT molecular complexity index is 1180. The van der Waals surface area contributed by atoms with Gasteiger partial charge < -0.3 is 10.1 Å². The first kappa shape index (κ1) is 17.8. The van der Waals surface area contributed by atoms with Crippen molar-refractivity contribution in [3.63, 3.8) is 0 Å². The number of nitrogens with one attached hydrogen (secondary N) is 1. The fourth-order valence-corrected chi connectivity index (χ4v) is 2.57. The second-order valence-electron chi connectivity index (χ2n) is 5.22. The summed E-state index contributed by atoms with van der Waals surface area (Å²) in [7, 11) is 1.53. The van der Waals surface area contributed by atoms with Gasteiger partial charge in [-0.2, -0.15) is 20.6 Å². The summed E-state index contributed by atoms with van der Waals surface area (Å²) in [5, 5.41) is 38.9. The zero-order valence-electron chi connectivity index (χ0n) is 13.9. The lowest BCUT2D eigenvalue weighted by Crippen LogP contribution is -2.00. The largest absolute Gasteiger partial charge is 0.495 e. The molecule has 27 heavy (non-hydrogen) atoms. The molecule has 3 rings (SSSR count). The summed E-state index contributed by atoms with van der Waals surface area (Å²) in [6.07, 6.45) is 0. The minimum absolute atomic E-state index is 0.131. The molecule has 0 atom stereocenters. The highest BCUT2D eigenvalue weighted by molar-refractivity contribution is 6.32. The van der Waals surface area contributed by atoms with Crippen molar-refractivity contribution in [2.45, 2.75) is 0 Å². The van der Waals surface area contributed by atoms with E-state index in [2.05, 4.69) is 15.5 Å². The van der Waals surface area contributed by atoms with Crippen molar-refractivity contribution in [1.29, 1.82) is 15.8 Å². The lowest BCUT2D eigenvalue weighted by molar-refractivity contribution is 0.415. The van der Waals surface area contributed by atoms with E-state index in [9.17, 15) is 0 Å². The van der Waals surface area contributed by atoms with Crippen LogP contribution in [0.4, 0.5) is 5.69 Å². The Morgan fingerprint density at radius 1 is 1.04 bits per heavy atom. The van der Waals surface area contributed by atoms with Gasteiger partial charge in [-0.3, -0.25) is 0 Å². The summed E-state index contributed by atoms with van der Waals surface area (Å²) in [6.45, 7) is 0. The third-order valence-electron chi connectivity index (χ3n) is 3.60. The van der Waals surface area contributed by atoms with E-state index in [0.717, 1.165) is 0 Å². The summed E-state index contributed by atoms with van der Waals surface area (Å²) < 4.78 is 5.13. The molecule has 0 fully saturated rings. The minimum atomic E-state index is -0.297. The molecule has 9 heteroatoms. The first-order chi connectivity index (χ1) is 13.1. The highest BCUT2D eigenvalue weighted by Gasteiger charge is 2.10. The predicted molar refractivity (Wildman–Crippen MR) is 97.9 cm³/mol. The number of fused-ring (bicyclic) bond motifs is 1. The third kappa shape index (κ3) is 3.50. The average Bonchev–Trinajstić information content (AvgIpc) is 3.11. The first-order valence-electron chi connectivity index (χ1n) is 7.52. The number of ether oxygens (including phenoxy) is 1. The fourth-order valence-electron chi connectivity index (χ4n) is 2.31. The topological polar surface area (TPSA) is 123 Å². The van der Waals surface area contributed by atoms with Crippen LogP contribution < -0.4 is 10.1 Å². The number of nitrogens with zero attached hydrogens (tertiary/aromatic N) is 6. The fraction of sp³-hybridized carbons (Fsp3) is 0.0556. The van der Waals surface area contributed by atoms with Gasteiger partial charge >= 0.3 is 0 Å². The number of allylic oxidation sites excluding steroid dienone is 2. The second-order valence-corrected chi connectivity index (χ2v) is 5.63. The van der Waals surface area contributed by atoms with Gasteiger partial charge in [0.15, 0.2) is 5.57 Å². The molecule has 1 heterocycles. The van der Waals surface area contributed by atoms with Crippen LogP contribution in [-0.2, 0) is 0 Å². The van der Waals surface area contributed by atoms with Crippen LogP contribution in [0.3, 0.4) is 0 Å². The summed E-state index contributed by atoms with van der Waals surface area (Å²) in [4.78, 5) is 1.43. The van der Waals surface area contributed by atoms with Crippen molar-refractivity contribution < 1.29 is 4.74 Å². The Morgan fingerprint density at radius 2 is 1.78 bits per heavy atom. The highest BCUT2D eigenvalue weighted by Crippen LogP contribution is 2.27. The maximum atomic E-state index is 9.13. The second kappa shape index (κ2) is 7.45. The van der Waals surface area contributed by atoms with Gasteiger partial charge in [-0.1, -0.05) is 11.6 Å². The van der Waals surface area contributed by atoms with Gasteiger partial charge in [-0.25, -0.2) is 0 Å². The number of nitriles is 3. The lowest BCUT2D eigenvalue weighted by atomic mass is 10.2. The van der Waals surface area contributed by atoms with Gasteiger partial charge in [0.1, 0.15) is 40.7 Å². The molecule has 0 aliphatic heterocycles. The molecule has 0 unspecified atom stereocenters. The molecule has 0 saturated heterocycles. The van der Waals surface area contributed by atoms with Crippen molar-refractivity contribution in [1.82, 2.24) is 15.0 Å². The van der Waals surface area contributed by atoms with Crippen LogP contribution in [0.2, 0.25) is 5.02 Å². The van der Waals surface area contributed by atoms with E-state index >= 15 is 0 Å². The van der Waals surface area contributed by atoms with Crippen LogP contribution in [-0.4, -0.2) is 22.1 Å². The number of rotatable bonds is 4. The Kier molecular flexibility index (Phi) is 4.90. The summed E-state index contributed by atoms with van der Waals surface area (Å²) in [5.41, 5.74) is 1.90. The lowest BCUT2D eigenvalue weighted by Gasteiger charge is -2.04. The van der Waals surface area contributed by atoms with E-state index in [4.69, 9.17) is 32.1 Å². The molecule has 8 nitrogen and oxygen atoms in total. The standard InChI is InChI=1S/C18H10ClN7O/c1-27-18-5-3-13(7-14(18)19)26-24-15-4-2-12(6-16(15)25-26)23-17(10-22)11(8-20)9-21/h2-7,23H,1H3. The van der Waals surface area contributed by atoms with Crippen LogP contribution in [0.25, 0.3) is 16.7 Å². The summed E-state index contributed by atoms with van der Waals surface area (Å²) in [6, 6.07) is 15.4.